The van der Waals surface area contributed by atoms with E-state index < -0.39 is 0 Å². The fraction of sp³-hybridized carbons (Fsp3) is 0. The van der Waals surface area contributed by atoms with Crippen LogP contribution in [0.3, 0.4) is 0 Å². The maximum absolute atomic E-state index is 10.3. The molecule has 0 N–H and O–H groups in total. The summed E-state index contributed by atoms with van der Waals surface area (Å²) in [5.74, 6) is 0. The Balaban J connectivity index is 0.00000636. The molecule has 0 saturated heterocycles. The number of hydrogen-bond acceptors (Lipinski definition) is 5. The Hall–Kier alpha value is -12.0. The summed E-state index contributed by atoms with van der Waals surface area (Å²) in [6.07, 6.45) is 0. The zero-order valence-electron chi connectivity index (χ0n) is 47.0. The van der Waals surface area contributed by atoms with Gasteiger partial charge >= 0.3 is 21.1 Å². The van der Waals surface area contributed by atoms with Gasteiger partial charge in [-0.2, -0.15) is 15.8 Å². The van der Waals surface area contributed by atoms with E-state index in [0.29, 0.717) is 67.2 Å². The Morgan fingerprint density at radius 1 is 0.303 bits per heavy atom. The van der Waals surface area contributed by atoms with Crippen molar-refractivity contribution in [1.82, 2.24) is 19.9 Å². The van der Waals surface area contributed by atoms with Gasteiger partial charge in [0, 0.05) is 22.3 Å². The average Bonchev–Trinajstić information content (AvgIpc) is 1.63. The molecule has 8 bridgehead atoms. The van der Waals surface area contributed by atoms with Crippen LogP contribution in [-0.4, -0.2) is 9.97 Å². The van der Waals surface area contributed by atoms with Gasteiger partial charge in [-0.25, -0.2) is 14.8 Å². The Labute approximate surface area is 524 Å². The average molecular weight is 1310 g/mol. The van der Waals surface area contributed by atoms with Gasteiger partial charge in [-0.05, 0) is 194 Å². The minimum atomic E-state index is 0. The Morgan fingerprint density at radius 2 is 0.528 bits per heavy atom. The quantitative estimate of drug-likeness (QED) is 0.160. The fourth-order valence-electron chi connectivity index (χ4n) is 13.4. The molecule has 1 aliphatic carbocycles. The second-order valence-electron chi connectivity index (χ2n) is 22.4. The maximum Gasteiger partial charge on any atom is 2.00 e. The van der Waals surface area contributed by atoms with Crippen molar-refractivity contribution in [3.8, 4) is 108 Å². The second-order valence-corrected chi connectivity index (χ2v) is 22.4. The van der Waals surface area contributed by atoms with E-state index in [-0.39, 0.29) is 21.1 Å². The molecule has 89 heavy (non-hydrogen) atoms. The third-order valence-electron chi connectivity index (χ3n) is 17.6. The molecule has 14 aromatic rings. The smallest absolute Gasteiger partial charge is 0.656 e. The third kappa shape index (κ3) is 8.29. The molecule has 0 saturated carbocycles. The van der Waals surface area contributed by atoms with Crippen LogP contribution in [0.4, 0.5) is 5.69 Å². The van der Waals surface area contributed by atoms with Crippen molar-refractivity contribution in [3.05, 3.63) is 271 Å². The molecule has 0 radical (unpaired) electrons. The van der Waals surface area contributed by atoms with Crippen molar-refractivity contribution in [2.75, 3.05) is 0 Å². The van der Waals surface area contributed by atoms with E-state index in [1.165, 1.54) is 0 Å². The van der Waals surface area contributed by atoms with Gasteiger partial charge in [-0.15, -0.1) is 22.1 Å². The van der Waals surface area contributed by atoms with Crippen molar-refractivity contribution in [2.24, 2.45) is 0 Å². The van der Waals surface area contributed by atoms with E-state index in [0.717, 1.165) is 131 Å². The zero-order chi connectivity index (χ0) is 58.7. The van der Waals surface area contributed by atoms with Crippen molar-refractivity contribution >= 4 is 92.4 Å². The molecular formula is C80H40N8Pt. The molecule has 8 nitrogen and oxygen atoms in total. The van der Waals surface area contributed by atoms with Crippen LogP contribution in [0.5, 0.6) is 0 Å². The number of hydrogen-bond donors (Lipinski definition) is 0. The van der Waals surface area contributed by atoms with Crippen LogP contribution in [0, 0.1) is 40.6 Å². The largest absolute Gasteiger partial charge is 2.00 e. The first-order chi connectivity index (χ1) is 43.4. The van der Waals surface area contributed by atoms with Gasteiger partial charge in [0.05, 0.1) is 64.2 Å². The Kier molecular flexibility index (Phi) is 12.2. The summed E-state index contributed by atoms with van der Waals surface area (Å²) in [5.41, 5.74) is 17.2. The molecule has 9 heteroatoms. The van der Waals surface area contributed by atoms with Gasteiger partial charge < -0.3 is 9.97 Å². The molecule has 17 rings (SSSR count). The monoisotopic (exact) mass is 1310 g/mol. The van der Waals surface area contributed by atoms with Gasteiger partial charge in [-0.3, -0.25) is 0 Å². The molecule has 2 aromatic heterocycles. The summed E-state index contributed by atoms with van der Waals surface area (Å²) in [7, 11) is 0. The number of benzene rings is 12. The standard InChI is InChI=1S/C80H40N8.Pt/c1-84-60-32-30-51(31-33-60)72-79-67-40-58-16-8-6-14-56(58)38-65(67)77(87-79)70(49-26-20-46(43-82)21-27-49)75-63-36-54-12-4-2-10-52(54)34-61(63)73(85-75)69(48-24-18-45(42-81)19-25-48)74-62-35-53-11-3-5-13-55(53)37-64(62)76(86-74)71(50-28-22-47(44-83)23-29-50)78-66-39-57-15-7-9-17-59(57)41-68(66)80(72)88-78;/h2-41H;/q-2;+2. The van der Waals surface area contributed by atoms with Gasteiger partial charge in [0.15, 0.2) is 5.69 Å². The molecular weight excluding hydrogens is 1270 g/mol. The third-order valence-corrected chi connectivity index (χ3v) is 17.6. The summed E-state index contributed by atoms with van der Waals surface area (Å²) in [4.78, 5) is 28.1. The SMILES string of the molecule is [C-]#[N+]c1ccc(-c2c3nc(c(-c4ccc(C#N)cc4)c4[n-]c(c(-c5ccc(C#N)cc5)c5nc(c(-c6ccc(C#N)cc6)c6[n-]c2c2cc7ccccc7cc62)-c2cc6ccccc6cc2-5)c2cc5ccccc5cc42)-c2cc4ccccc4cc2-3)cc1.[Pt+2]. The van der Waals surface area contributed by atoms with Crippen LogP contribution in [-0.2, 0) is 21.1 Å². The first kappa shape index (κ1) is 52.5. The first-order valence-corrected chi connectivity index (χ1v) is 28.9. The fourth-order valence-corrected chi connectivity index (χ4v) is 13.4. The molecule has 0 atom stereocenters. The van der Waals surface area contributed by atoms with Crippen LogP contribution >= 0.6 is 0 Å². The molecule has 0 spiro atoms. The predicted molar refractivity (Wildman–Crippen MR) is 355 cm³/mol. The number of nitriles is 3. The van der Waals surface area contributed by atoms with Crippen LogP contribution in [0.15, 0.2) is 243 Å². The summed E-state index contributed by atoms with van der Waals surface area (Å²) in [6, 6.07) is 89.4. The van der Waals surface area contributed by atoms with Crippen molar-refractivity contribution in [2.45, 2.75) is 0 Å². The van der Waals surface area contributed by atoms with Gasteiger partial charge in [-0.1, -0.05) is 158 Å². The zero-order valence-corrected chi connectivity index (χ0v) is 49.3. The normalized spacial score (nSPS) is 11.5. The maximum atomic E-state index is 10.3. The first-order valence-electron chi connectivity index (χ1n) is 28.9. The summed E-state index contributed by atoms with van der Waals surface area (Å²) in [5, 5.41) is 42.7. The Morgan fingerprint density at radius 3 is 0.753 bits per heavy atom. The minimum Gasteiger partial charge on any atom is -0.656 e. The van der Waals surface area contributed by atoms with E-state index in [4.69, 9.17) is 26.5 Å². The number of nitrogens with zero attached hydrogens (tertiary/aromatic N) is 8. The van der Waals surface area contributed by atoms with Crippen LogP contribution in [0.2, 0.25) is 0 Å². The van der Waals surface area contributed by atoms with E-state index >= 15 is 0 Å². The van der Waals surface area contributed by atoms with E-state index in [1.807, 2.05) is 97.1 Å². The van der Waals surface area contributed by atoms with Crippen molar-refractivity contribution in [3.63, 3.8) is 0 Å². The van der Waals surface area contributed by atoms with Gasteiger partial charge in [0.1, 0.15) is 0 Å². The second kappa shape index (κ2) is 20.6. The topological polar surface area (TPSA) is 130 Å². The van der Waals surface area contributed by atoms with Crippen molar-refractivity contribution < 1.29 is 21.1 Å². The summed E-state index contributed by atoms with van der Waals surface area (Å²) < 4.78 is 0. The molecule has 0 unspecified atom stereocenters. The van der Waals surface area contributed by atoms with Crippen LogP contribution < -0.4 is 9.97 Å². The molecule has 0 fully saturated rings. The van der Waals surface area contributed by atoms with E-state index in [1.54, 1.807) is 0 Å². The molecule has 410 valence electrons. The number of aromatic nitrogens is 4. The van der Waals surface area contributed by atoms with Crippen molar-refractivity contribution in [1.29, 1.82) is 15.8 Å². The summed E-state index contributed by atoms with van der Waals surface area (Å²) >= 11 is 0. The van der Waals surface area contributed by atoms with Crippen LogP contribution in [0.1, 0.15) is 16.7 Å². The minimum absolute atomic E-state index is 0. The van der Waals surface area contributed by atoms with Gasteiger partial charge in [0.2, 0.25) is 0 Å². The molecule has 2 aliphatic heterocycles. The molecule has 12 aromatic carbocycles. The van der Waals surface area contributed by atoms with E-state index in [2.05, 4.69) is 169 Å². The predicted octanol–water partition coefficient (Wildman–Crippen LogP) is 20.0. The van der Waals surface area contributed by atoms with Gasteiger partial charge in [0.25, 0.3) is 0 Å². The molecule has 0 amide bonds. The molecule has 3 aliphatic rings. The Bertz CT molecular complexity index is 5230. The van der Waals surface area contributed by atoms with E-state index in [9.17, 15) is 15.8 Å². The number of rotatable bonds is 4. The van der Waals surface area contributed by atoms with Crippen LogP contribution in [0.25, 0.3) is 181 Å². The number of fused-ring (bicyclic) bond motifs is 4. The summed E-state index contributed by atoms with van der Waals surface area (Å²) in [6.45, 7) is 8.10. The molecule has 4 heterocycles.